The van der Waals surface area contributed by atoms with E-state index in [1.165, 1.54) is 17.0 Å². The molecule has 0 spiro atoms. The summed E-state index contributed by atoms with van der Waals surface area (Å²) in [6, 6.07) is 4.78. The second kappa shape index (κ2) is 9.57. The van der Waals surface area contributed by atoms with Crippen molar-refractivity contribution in [3.63, 3.8) is 0 Å². The zero-order chi connectivity index (χ0) is 22.5. The highest BCUT2D eigenvalue weighted by molar-refractivity contribution is 5.81. The molecule has 30 heavy (non-hydrogen) atoms. The van der Waals surface area contributed by atoms with Crippen molar-refractivity contribution in [3.8, 4) is 0 Å². The van der Waals surface area contributed by atoms with Crippen molar-refractivity contribution in [2.24, 2.45) is 5.92 Å². The predicted octanol–water partition coefficient (Wildman–Crippen LogP) is 4.22. The molecule has 6 nitrogen and oxygen atoms in total. The number of nitrogens with zero attached hydrogens (tertiary/aromatic N) is 2. The lowest BCUT2D eigenvalue weighted by atomic mass is 9.97. The molecule has 1 unspecified atom stereocenters. The number of likely N-dealkylation sites (tertiary alicyclic amines) is 1. The normalized spacial score (nSPS) is 17.4. The Morgan fingerprint density at radius 3 is 2.60 bits per heavy atom. The third-order valence-electron chi connectivity index (χ3n) is 4.74. The maximum Gasteiger partial charge on any atom is 0.416 e. The van der Waals surface area contributed by atoms with Gasteiger partial charge in [-0.3, -0.25) is 4.79 Å². The quantitative estimate of drug-likeness (QED) is 0.761. The van der Waals surface area contributed by atoms with E-state index in [4.69, 9.17) is 4.74 Å². The zero-order valence-corrected chi connectivity index (χ0v) is 17.9. The lowest BCUT2D eigenvalue weighted by Gasteiger charge is -2.35. The maximum atomic E-state index is 12.8. The Labute approximate surface area is 175 Å². The SMILES string of the molecule is CN(CC1CCCN(C(=O)CNc2cccc(C(F)(F)F)c2)C1)C(=O)OC(C)(C)C. The molecule has 1 N–H and O–H groups in total. The van der Waals surface area contributed by atoms with Crippen LogP contribution < -0.4 is 5.32 Å². The van der Waals surface area contributed by atoms with Crippen LogP contribution in [0.3, 0.4) is 0 Å². The molecular weight excluding hydrogens is 399 g/mol. The molecule has 2 amide bonds. The molecule has 0 bridgehead atoms. The van der Waals surface area contributed by atoms with Crippen LogP contribution in [0.2, 0.25) is 0 Å². The van der Waals surface area contributed by atoms with E-state index in [-0.39, 0.29) is 24.1 Å². The van der Waals surface area contributed by atoms with E-state index in [2.05, 4.69) is 5.32 Å². The number of nitrogens with one attached hydrogen (secondary N) is 1. The van der Waals surface area contributed by atoms with Gasteiger partial charge in [0.05, 0.1) is 12.1 Å². The first kappa shape index (κ1) is 23.8. The van der Waals surface area contributed by atoms with Crippen LogP contribution >= 0.6 is 0 Å². The third-order valence-corrected chi connectivity index (χ3v) is 4.74. The summed E-state index contributed by atoms with van der Waals surface area (Å²) < 4.78 is 43.8. The van der Waals surface area contributed by atoms with Crippen molar-refractivity contribution in [2.75, 3.05) is 38.5 Å². The number of halogens is 3. The first-order chi connectivity index (χ1) is 13.8. The molecular formula is C21H30F3N3O3. The highest BCUT2D eigenvalue weighted by Gasteiger charge is 2.31. The van der Waals surface area contributed by atoms with Crippen LogP contribution in [-0.2, 0) is 15.7 Å². The standard InChI is InChI=1S/C21H30F3N3O3/c1-20(2,3)30-19(29)26(4)13-15-7-6-10-27(14-15)18(28)12-25-17-9-5-8-16(11-17)21(22,23)24/h5,8-9,11,15,25H,6-7,10,12-14H2,1-4H3. The number of ether oxygens (including phenoxy) is 1. The minimum Gasteiger partial charge on any atom is -0.444 e. The van der Waals surface area contributed by atoms with E-state index >= 15 is 0 Å². The molecule has 1 fully saturated rings. The first-order valence-corrected chi connectivity index (χ1v) is 9.98. The first-order valence-electron chi connectivity index (χ1n) is 9.98. The molecule has 1 aliphatic rings. The number of anilines is 1. The van der Waals surface area contributed by atoms with Gasteiger partial charge < -0.3 is 19.9 Å². The van der Waals surface area contributed by atoms with Crippen LogP contribution in [0.15, 0.2) is 24.3 Å². The van der Waals surface area contributed by atoms with Gasteiger partial charge in [-0.25, -0.2) is 4.79 Å². The Hall–Kier alpha value is -2.45. The molecule has 9 heteroatoms. The van der Waals surface area contributed by atoms with Gasteiger partial charge in [-0.05, 0) is 57.7 Å². The Balaban J connectivity index is 1.86. The number of amides is 2. The van der Waals surface area contributed by atoms with Gasteiger partial charge >= 0.3 is 12.3 Å². The average molecular weight is 429 g/mol. The number of carbonyl (C=O) groups is 2. The minimum absolute atomic E-state index is 0.0874. The summed E-state index contributed by atoms with van der Waals surface area (Å²) in [4.78, 5) is 27.9. The van der Waals surface area contributed by atoms with Crippen molar-refractivity contribution in [1.82, 2.24) is 9.80 Å². The lowest BCUT2D eigenvalue weighted by Crippen LogP contribution is -2.46. The van der Waals surface area contributed by atoms with E-state index in [0.29, 0.717) is 19.6 Å². The fourth-order valence-electron chi connectivity index (χ4n) is 3.34. The summed E-state index contributed by atoms with van der Waals surface area (Å²) in [5.41, 5.74) is -1.09. The fraction of sp³-hybridized carbons (Fsp3) is 0.619. The second-order valence-electron chi connectivity index (χ2n) is 8.64. The molecule has 0 saturated carbocycles. The van der Waals surface area contributed by atoms with Crippen molar-refractivity contribution < 1.29 is 27.5 Å². The van der Waals surface area contributed by atoms with E-state index in [9.17, 15) is 22.8 Å². The molecule has 1 atom stereocenters. The molecule has 1 saturated heterocycles. The molecule has 0 aliphatic carbocycles. The number of benzene rings is 1. The Bertz CT molecular complexity index is 747. The summed E-state index contributed by atoms with van der Waals surface area (Å²) in [6.45, 7) is 6.88. The van der Waals surface area contributed by atoms with Gasteiger partial charge in [-0.1, -0.05) is 6.07 Å². The molecule has 1 aromatic rings. The second-order valence-corrected chi connectivity index (χ2v) is 8.64. The topological polar surface area (TPSA) is 61.9 Å². The summed E-state index contributed by atoms with van der Waals surface area (Å²) >= 11 is 0. The van der Waals surface area contributed by atoms with Crippen LogP contribution in [0.25, 0.3) is 0 Å². The number of hydrogen-bond acceptors (Lipinski definition) is 4. The van der Waals surface area contributed by atoms with Crippen LogP contribution in [0, 0.1) is 5.92 Å². The van der Waals surface area contributed by atoms with Gasteiger partial charge in [0.15, 0.2) is 0 Å². The number of piperidine rings is 1. The number of hydrogen-bond donors (Lipinski definition) is 1. The van der Waals surface area contributed by atoms with Crippen molar-refractivity contribution >= 4 is 17.7 Å². The highest BCUT2D eigenvalue weighted by atomic mass is 19.4. The van der Waals surface area contributed by atoms with Gasteiger partial charge in [0, 0.05) is 32.4 Å². The lowest BCUT2D eigenvalue weighted by molar-refractivity contribution is -0.137. The molecule has 2 rings (SSSR count). The molecule has 0 aromatic heterocycles. The van der Waals surface area contributed by atoms with E-state index in [1.807, 2.05) is 0 Å². The smallest absolute Gasteiger partial charge is 0.416 e. The summed E-state index contributed by atoms with van der Waals surface area (Å²) in [5, 5.41) is 2.78. The predicted molar refractivity (Wildman–Crippen MR) is 108 cm³/mol. The van der Waals surface area contributed by atoms with E-state index in [1.54, 1.807) is 32.7 Å². The van der Waals surface area contributed by atoms with E-state index in [0.717, 1.165) is 25.0 Å². The zero-order valence-electron chi connectivity index (χ0n) is 17.9. The Kier molecular flexibility index (Phi) is 7.60. The molecule has 0 radical (unpaired) electrons. The number of alkyl halides is 3. The van der Waals surface area contributed by atoms with Crippen LogP contribution in [0.5, 0.6) is 0 Å². The van der Waals surface area contributed by atoms with Crippen LogP contribution in [0.1, 0.15) is 39.2 Å². The molecule has 168 valence electrons. The van der Waals surface area contributed by atoms with E-state index < -0.39 is 23.4 Å². The summed E-state index contributed by atoms with van der Waals surface area (Å²) in [5.74, 6) is -0.0641. The highest BCUT2D eigenvalue weighted by Crippen LogP contribution is 2.30. The molecule has 1 heterocycles. The molecule has 1 aliphatic heterocycles. The van der Waals surface area contributed by atoms with Crippen molar-refractivity contribution in [1.29, 1.82) is 0 Å². The Morgan fingerprint density at radius 1 is 1.27 bits per heavy atom. The summed E-state index contributed by atoms with van der Waals surface area (Å²) in [7, 11) is 1.67. The maximum absolute atomic E-state index is 12.8. The van der Waals surface area contributed by atoms with Crippen molar-refractivity contribution in [3.05, 3.63) is 29.8 Å². The van der Waals surface area contributed by atoms with Gasteiger partial charge in [0.2, 0.25) is 5.91 Å². The Morgan fingerprint density at radius 2 is 1.97 bits per heavy atom. The minimum atomic E-state index is -4.43. The summed E-state index contributed by atoms with van der Waals surface area (Å²) in [6.07, 6.45) is -3.14. The van der Waals surface area contributed by atoms with Crippen LogP contribution in [0.4, 0.5) is 23.7 Å². The van der Waals surface area contributed by atoms with Gasteiger partial charge in [0.25, 0.3) is 0 Å². The average Bonchev–Trinajstić information content (AvgIpc) is 2.64. The third kappa shape index (κ3) is 7.42. The van der Waals surface area contributed by atoms with Gasteiger partial charge in [0.1, 0.15) is 5.60 Å². The number of carbonyl (C=O) groups excluding carboxylic acids is 2. The fourth-order valence-corrected chi connectivity index (χ4v) is 3.34. The largest absolute Gasteiger partial charge is 0.444 e. The molecule has 1 aromatic carbocycles. The van der Waals surface area contributed by atoms with Gasteiger partial charge in [-0.2, -0.15) is 13.2 Å². The van der Waals surface area contributed by atoms with Crippen molar-refractivity contribution in [2.45, 2.75) is 45.4 Å². The van der Waals surface area contributed by atoms with Crippen LogP contribution in [-0.4, -0.2) is 60.6 Å². The monoisotopic (exact) mass is 429 g/mol. The number of rotatable bonds is 5. The van der Waals surface area contributed by atoms with Gasteiger partial charge in [-0.15, -0.1) is 0 Å².